The molecule has 0 spiro atoms. The predicted molar refractivity (Wildman–Crippen MR) is 144 cm³/mol. The minimum Gasteiger partial charge on any atom is -0.449 e. The van der Waals surface area contributed by atoms with Crippen LogP contribution in [-0.4, -0.2) is 33.4 Å². The second-order valence-corrected chi connectivity index (χ2v) is 10.2. The molecule has 0 atom stereocenters. The number of rotatable bonds is 4. The highest BCUT2D eigenvalue weighted by Gasteiger charge is 2.41. The van der Waals surface area contributed by atoms with Gasteiger partial charge in [0.2, 0.25) is 0 Å². The summed E-state index contributed by atoms with van der Waals surface area (Å²) in [6, 6.07) is 21.3. The van der Waals surface area contributed by atoms with Gasteiger partial charge < -0.3 is 19.6 Å². The molecule has 0 fully saturated rings. The topological polar surface area (TPSA) is 102 Å². The van der Waals surface area contributed by atoms with Crippen LogP contribution >= 0.6 is 0 Å². The third kappa shape index (κ3) is 5.33. The SMILES string of the molecule is CC(C)(C)c1ccc(-c2cccc(-c3nc4c(ccc5cc(OC(=O)O)cc(OC(=O)C(F)(F)F)c54)[nH]3)c2)cc1. The van der Waals surface area contributed by atoms with Gasteiger partial charge in [-0.05, 0) is 45.7 Å². The lowest BCUT2D eigenvalue weighted by Crippen LogP contribution is -2.28. The van der Waals surface area contributed by atoms with E-state index >= 15 is 0 Å². The predicted octanol–water partition coefficient (Wildman–Crippen LogP) is 7.87. The normalized spacial score (nSPS) is 12.1. The Kier molecular flexibility index (Phi) is 6.49. The Morgan fingerprint density at radius 1 is 0.850 bits per heavy atom. The van der Waals surface area contributed by atoms with E-state index in [0.29, 0.717) is 11.3 Å². The summed E-state index contributed by atoms with van der Waals surface area (Å²) in [5.41, 5.74) is 4.60. The molecule has 0 radical (unpaired) electrons. The van der Waals surface area contributed by atoms with E-state index in [1.165, 1.54) is 17.7 Å². The average Bonchev–Trinajstić information content (AvgIpc) is 3.32. The van der Waals surface area contributed by atoms with Crippen molar-refractivity contribution in [1.29, 1.82) is 0 Å². The number of aromatic nitrogens is 2. The maximum atomic E-state index is 13.0. The van der Waals surface area contributed by atoms with Crippen molar-refractivity contribution in [2.75, 3.05) is 0 Å². The summed E-state index contributed by atoms with van der Waals surface area (Å²) >= 11 is 0. The third-order valence-electron chi connectivity index (χ3n) is 6.36. The van der Waals surface area contributed by atoms with Gasteiger partial charge in [-0.2, -0.15) is 13.2 Å². The first-order valence-corrected chi connectivity index (χ1v) is 12.2. The summed E-state index contributed by atoms with van der Waals surface area (Å²) in [5, 5.41) is 9.32. The maximum absolute atomic E-state index is 13.0. The van der Waals surface area contributed by atoms with Crippen molar-refractivity contribution in [2.24, 2.45) is 0 Å². The van der Waals surface area contributed by atoms with Crippen LogP contribution in [0.1, 0.15) is 26.3 Å². The van der Waals surface area contributed by atoms with Gasteiger partial charge in [0.15, 0.2) is 0 Å². The molecule has 0 aliphatic carbocycles. The molecule has 5 rings (SSSR count). The van der Waals surface area contributed by atoms with Gasteiger partial charge in [-0.25, -0.2) is 14.6 Å². The molecule has 5 aromatic rings. The summed E-state index contributed by atoms with van der Waals surface area (Å²) in [4.78, 5) is 30.5. The van der Waals surface area contributed by atoms with Crippen LogP contribution in [0.25, 0.3) is 44.3 Å². The van der Waals surface area contributed by atoms with Crippen molar-refractivity contribution in [1.82, 2.24) is 9.97 Å². The maximum Gasteiger partial charge on any atom is 0.511 e. The number of H-pyrrole nitrogens is 1. The summed E-state index contributed by atoms with van der Waals surface area (Å²) < 4.78 is 48.3. The Morgan fingerprint density at radius 3 is 2.20 bits per heavy atom. The van der Waals surface area contributed by atoms with Gasteiger partial charge >= 0.3 is 18.3 Å². The number of carbonyl (C=O) groups excluding carboxylic acids is 1. The highest BCUT2D eigenvalue weighted by atomic mass is 19.4. The largest absolute Gasteiger partial charge is 0.511 e. The molecule has 0 aliphatic heterocycles. The second kappa shape index (κ2) is 9.71. The second-order valence-electron chi connectivity index (χ2n) is 10.2. The van der Waals surface area contributed by atoms with E-state index < -0.39 is 24.1 Å². The van der Waals surface area contributed by atoms with Crippen LogP contribution < -0.4 is 9.47 Å². The number of hydrogen-bond acceptors (Lipinski definition) is 5. The lowest BCUT2D eigenvalue weighted by molar-refractivity contribution is -0.189. The summed E-state index contributed by atoms with van der Waals surface area (Å²) in [6.07, 6.45) is -6.95. The summed E-state index contributed by atoms with van der Waals surface area (Å²) in [6.45, 7) is 6.43. The number of benzene rings is 4. The molecular formula is C30H23F3N2O5. The minimum absolute atomic E-state index is 0.0191. The Hall–Kier alpha value is -4.86. The van der Waals surface area contributed by atoms with Crippen molar-refractivity contribution in [2.45, 2.75) is 32.4 Å². The number of fused-ring (bicyclic) bond motifs is 3. The highest BCUT2D eigenvalue weighted by molar-refractivity contribution is 6.09. The van der Waals surface area contributed by atoms with Crippen LogP contribution in [0, 0.1) is 0 Å². The van der Waals surface area contributed by atoms with Gasteiger partial charge in [-0.3, -0.25) is 0 Å². The van der Waals surface area contributed by atoms with E-state index in [4.69, 9.17) is 5.11 Å². The molecule has 204 valence electrons. The number of hydrogen-bond donors (Lipinski definition) is 2. The van der Waals surface area contributed by atoms with Crippen LogP contribution in [-0.2, 0) is 10.2 Å². The van der Waals surface area contributed by atoms with Gasteiger partial charge in [0.25, 0.3) is 0 Å². The van der Waals surface area contributed by atoms with Crippen LogP contribution in [0.5, 0.6) is 11.5 Å². The quantitative estimate of drug-likeness (QED) is 0.135. The third-order valence-corrected chi connectivity index (χ3v) is 6.36. The first-order chi connectivity index (χ1) is 18.8. The Bertz CT molecular complexity index is 1770. The Balaban J connectivity index is 1.61. The van der Waals surface area contributed by atoms with Crippen molar-refractivity contribution in [3.8, 4) is 34.0 Å². The van der Waals surface area contributed by atoms with Crippen molar-refractivity contribution in [3.63, 3.8) is 0 Å². The number of alkyl halides is 3. The number of aromatic amines is 1. The first kappa shape index (κ1) is 26.7. The lowest BCUT2D eigenvalue weighted by atomic mass is 9.86. The van der Waals surface area contributed by atoms with Crippen LogP contribution in [0.15, 0.2) is 72.8 Å². The summed E-state index contributed by atoms with van der Waals surface area (Å²) in [5.74, 6) is -2.87. The molecule has 10 heteroatoms. The Morgan fingerprint density at radius 2 is 1.55 bits per heavy atom. The molecule has 0 unspecified atom stereocenters. The molecule has 7 nitrogen and oxygen atoms in total. The van der Waals surface area contributed by atoms with E-state index in [0.717, 1.165) is 22.8 Å². The van der Waals surface area contributed by atoms with Crippen LogP contribution in [0.4, 0.5) is 18.0 Å². The number of nitrogens with one attached hydrogen (secondary N) is 1. The van der Waals surface area contributed by atoms with E-state index in [2.05, 4.69) is 52.3 Å². The molecule has 1 heterocycles. The van der Waals surface area contributed by atoms with E-state index in [1.807, 2.05) is 36.4 Å². The molecular weight excluding hydrogens is 525 g/mol. The van der Waals surface area contributed by atoms with Crippen LogP contribution in [0.3, 0.4) is 0 Å². The highest BCUT2D eigenvalue weighted by Crippen LogP contribution is 2.38. The van der Waals surface area contributed by atoms with Gasteiger partial charge in [0.1, 0.15) is 22.8 Å². The van der Waals surface area contributed by atoms with Crippen molar-refractivity contribution < 1.29 is 37.3 Å². The fourth-order valence-electron chi connectivity index (χ4n) is 4.41. The molecule has 0 aliphatic rings. The smallest absolute Gasteiger partial charge is 0.449 e. The average molecular weight is 549 g/mol. The molecule has 0 saturated carbocycles. The fourth-order valence-corrected chi connectivity index (χ4v) is 4.41. The number of imidazole rings is 1. The molecule has 4 aromatic carbocycles. The number of carboxylic acid groups (broad SMARTS) is 1. The van der Waals surface area contributed by atoms with Crippen LogP contribution in [0.2, 0.25) is 0 Å². The van der Waals surface area contributed by atoms with Gasteiger partial charge in [0.05, 0.1) is 10.9 Å². The Labute approximate surface area is 226 Å². The van der Waals surface area contributed by atoms with Crippen molar-refractivity contribution >= 4 is 33.9 Å². The first-order valence-electron chi connectivity index (χ1n) is 12.2. The van der Waals surface area contributed by atoms with Crippen molar-refractivity contribution in [3.05, 3.63) is 78.4 Å². The fraction of sp³-hybridized carbons (Fsp3) is 0.167. The van der Waals surface area contributed by atoms with E-state index in [9.17, 15) is 22.8 Å². The zero-order valence-corrected chi connectivity index (χ0v) is 21.6. The zero-order valence-electron chi connectivity index (χ0n) is 21.6. The molecule has 0 saturated heterocycles. The monoisotopic (exact) mass is 548 g/mol. The summed E-state index contributed by atoms with van der Waals surface area (Å²) in [7, 11) is 0. The lowest BCUT2D eigenvalue weighted by Gasteiger charge is -2.19. The number of ether oxygens (including phenoxy) is 2. The standard InChI is InChI=1S/C30H23F3N2O5/c1-29(2,3)20-10-7-16(8-11-20)17-5-4-6-19(13-17)26-34-22-12-9-18-14-21(39-28(37)38)15-23(24(18)25(22)35-26)40-27(36)30(31,32)33/h4-15H,1-3H3,(H,34,35)(H,37,38). The zero-order chi connectivity index (χ0) is 28.8. The molecule has 40 heavy (non-hydrogen) atoms. The molecule has 2 N–H and O–H groups in total. The van der Waals surface area contributed by atoms with Gasteiger partial charge in [-0.15, -0.1) is 0 Å². The number of carbonyl (C=O) groups is 2. The molecule has 0 bridgehead atoms. The minimum atomic E-state index is -5.27. The number of nitrogens with zero attached hydrogens (tertiary/aromatic N) is 1. The number of halogens is 3. The van der Waals surface area contributed by atoms with E-state index in [-0.39, 0.29) is 27.5 Å². The van der Waals surface area contributed by atoms with Gasteiger partial charge in [-0.1, -0.05) is 69.3 Å². The van der Waals surface area contributed by atoms with Gasteiger partial charge in [0, 0.05) is 11.6 Å². The molecule has 1 aromatic heterocycles. The number of esters is 1. The molecule has 0 amide bonds. The van der Waals surface area contributed by atoms with E-state index in [1.54, 1.807) is 6.07 Å².